The molecule has 2 aromatic carbocycles. The number of benzene rings is 2. The van der Waals surface area contributed by atoms with Crippen LogP contribution in [0.5, 0.6) is 11.6 Å². The molecule has 0 saturated heterocycles. The van der Waals surface area contributed by atoms with E-state index in [1.807, 2.05) is 56.3 Å². The van der Waals surface area contributed by atoms with Gasteiger partial charge < -0.3 is 14.9 Å². The van der Waals surface area contributed by atoms with Gasteiger partial charge in [-0.3, -0.25) is 0 Å². The normalized spacial score (nSPS) is 10.8. The summed E-state index contributed by atoms with van der Waals surface area (Å²) in [6, 6.07) is 18.1. The largest absolute Gasteiger partial charge is 0.507 e. The molecule has 0 saturated carbocycles. The number of rotatable bonds is 6. The van der Waals surface area contributed by atoms with E-state index in [2.05, 4.69) is 9.97 Å². The molecule has 0 bridgehead atoms. The summed E-state index contributed by atoms with van der Waals surface area (Å²) in [4.78, 5) is 21.1. The summed E-state index contributed by atoms with van der Waals surface area (Å²) in [5.41, 5.74) is 4.29. The summed E-state index contributed by atoms with van der Waals surface area (Å²) in [7, 11) is 0. The second-order valence-electron chi connectivity index (χ2n) is 7.05. The van der Waals surface area contributed by atoms with E-state index in [-0.39, 0.29) is 11.3 Å². The van der Waals surface area contributed by atoms with Crippen LogP contribution in [0, 0.1) is 13.8 Å². The molecule has 0 aliphatic heterocycles. The maximum absolute atomic E-state index is 11.1. The highest BCUT2D eigenvalue weighted by Gasteiger charge is 2.13. The van der Waals surface area contributed by atoms with Gasteiger partial charge in [0.15, 0.2) is 0 Å². The zero-order chi connectivity index (χ0) is 22.0. The first-order valence-electron chi connectivity index (χ1n) is 9.60. The van der Waals surface area contributed by atoms with Crippen molar-refractivity contribution in [3.8, 4) is 33.2 Å². The monoisotopic (exact) mass is 432 g/mol. The summed E-state index contributed by atoms with van der Waals surface area (Å²) in [5.74, 6) is -0.844. The molecule has 0 aliphatic rings. The van der Waals surface area contributed by atoms with Crippen LogP contribution in [-0.4, -0.2) is 26.2 Å². The Bertz CT molecular complexity index is 1270. The molecule has 0 radical (unpaired) electrons. The Morgan fingerprint density at radius 3 is 2.45 bits per heavy atom. The molecule has 4 aromatic rings. The minimum absolute atomic E-state index is 0.119. The van der Waals surface area contributed by atoms with Gasteiger partial charge in [-0.1, -0.05) is 30.3 Å². The lowest BCUT2D eigenvalue weighted by Gasteiger charge is -2.07. The van der Waals surface area contributed by atoms with Crippen molar-refractivity contribution in [1.82, 2.24) is 9.97 Å². The summed E-state index contributed by atoms with van der Waals surface area (Å²) >= 11 is 1.56. The van der Waals surface area contributed by atoms with Crippen molar-refractivity contribution >= 4 is 17.3 Å². The molecule has 6 nitrogen and oxygen atoms in total. The van der Waals surface area contributed by atoms with Crippen LogP contribution in [0.25, 0.3) is 21.6 Å². The van der Waals surface area contributed by atoms with E-state index in [1.54, 1.807) is 17.4 Å². The Kier molecular flexibility index (Phi) is 5.68. The molecule has 0 unspecified atom stereocenters. The van der Waals surface area contributed by atoms with Crippen molar-refractivity contribution < 1.29 is 19.7 Å². The number of pyridine rings is 1. The van der Waals surface area contributed by atoms with Crippen molar-refractivity contribution in [2.24, 2.45) is 0 Å². The highest BCUT2D eigenvalue weighted by Crippen LogP contribution is 2.34. The Labute approximate surface area is 183 Å². The van der Waals surface area contributed by atoms with Crippen molar-refractivity contribution in [1.29, 1.82) is 0 Å². The highest BCUT2D eigenvalue weighted by molar-refractivity contribution is 7.15. The summed E-state index contributed by atoms with van der Waals surface area (Å²) in [5, 5.41) is 20.0. The number of carboxylic acid groups (broad SMARTS) is 1. The molecule has 2 N–H and O–H groups in total. The van der Waals surface area contributed by atoms with E-state index in [9.17, 15) is 9.90 Å². The topological polar surface area (TPSA) is 92.5 Å². The molecule has 0 atom stereocenters. The SMILES string of the molecule is Cc1cccc(OCc2nc(C)c(-c3cccc(-c4ccc(C(=O)O)c(O)c4)c3)s2)n1. The van der Waals surface area contributed by atoms with E-state index < -0.39 is 5.97 Å². The first kappa shape index (κ1) is 20.6. The van der Waals surface area contributed by atoms with Crippen molar-refractivity contribution in [2.75, 3.05) is 0 Å². The summed E-state index contributed by atoms with van der Waals surface area (Å²) in [6.07, 6.45) is 0. The van der Waals surface area contributed by atoms with E-state index in [4.69, 9.17) is 9.84 Å². The number of carboxylic acids is 1. The zero-order valence-electron chi connectivity index (χ0n) is 17.0. The fraction of sp³-hybridized carbons (Fsp3) is 0.125. The molecule has 0 aliphatic carbocycles. The van der Waals surface area contributed by atoms with Gasteiger partial charge in [0.2, 0.25) is 5.88 Å². The fourth-order valence-electron chi connectivity index (χ4n) is 3.25. The van der Waals surface area contributed by atoms with Crippen LogP contribution in [0.2, 0.25) is 0 Å². The number of ether oxygens (including phenoxy) is 1. The van der Waals surface area contributed by atoms with Crippen LogP contribution in [0.1, 0.15) is 26.8 Å². The fourth-order valence-corrected chi connectivity index (χ4v) is 4.22. The van der Waals surface area contributed by atoms with Gasteiger partial charge in [0.25, 0.3) is 0 Å². The predicted molar refractivity (Wildman–Crippen MR) is 120 cm³/mol. The first-order valence-corrected chi connectivity index (χ1v) is 10.4. The molecule has 2 heterocycles. The van der Waals surface area contributed by atoms with Crippen molar-refractivity contribution in [3.05, 3.63) is 82.6 Å². The number of hydrogen-bond donors (Lipinski definition) is 2. The van der Waals surface area contributed by atoms with Crippen molar-refractivity contribution in [2.45, 2.75) is 20.5 Å². The summed E-state index contributed by atoms with van der Waals surface area (Å²) in [6.45, 7) is 4.22. The number of phenols is 1. The number of aromatic hydroxyl groups is 1. The van der Waals surface area contributed by atoms with E-state index in [1.165, 1.54) is 12.1 Å². The Morgan fingerprint density at radius 2 is 1.71 bits per heavy atom. The smallest absolute Gasteiger partial charge is 0.339 e. The second-order valence-corrected chi connectivity index (χ2v) is 8.13. The number of aryl methyl sites for hydroxylation is 2. The maximum Gasteiger partial charge on any atom is 0.339 e. The van der Waals surface area contributed by atoms with Gasteiger partial charge in [0.05, 0.1) is 10.6 Å². The molecule has 31 heavy (non-hydrogen) atoms. The van der Waals surface area contributed by atoms with Crippen LogP contribution in [0.15, 0.2) is 60.7 Å². The molecule has 0 amide bonds. The average molecular weight is 433 g/mol. The van der Waals surface area contributed by atoms with Gasteiger partial charge in [-0.15, -0.1) is 11.3 Å². The van der Waals surface area contributed by atoms with Gasteiger partial charge in [0.1, 0.15) is 22.9 Å². The third kappa shape index (κ3) is 4.57. The van der Waals surface area contributed by atoms with E-state index >= 15 is 0 Å². The molecule has 156 valence electrons. The summed E-state index contributed by atoms with van der Waals surface area (Å²) < 4.78 is 5.77. The molecular weight excluding hydrogens is 412 g/mol. The lowest BCUT2D eigenvalue weighted by Crippen LogP contribution is -1.97. The minimum atomic E-state index is -1.16. The number of thiazole rings is 1. The Hall–Kier alpha value is -3.71. The number of aromatic carboxylic acids is 1. The van der Waals surface area contributed by atoms with Gasteiger partial charge >= 0.3 is 5.97 Å². The number of aromatic nitrogens is 2. The zero-order valence-corrected chi connectivity index (χ0v) is 17.8. The van der Waals surface area contributed by atoms with Crippen LogP contribution in [-0.2, 0) is 6.61 Å². The van der Waals surface area contributed by atoms with Gasteiger partial charge in [-0.25, -0.2) is 14.8 Å². The van der Waals surface area contributed by atoms with Crippen LogP contribution in [0.4, 0.5) is 0 Å². The lowest BCUT2D eigenvalue weighted by molar-refractivity contribution is 0.0694. The van der Waals surface area contributed by atoms with Gasteiger partial charge in [-0.05, 0) is 54.8 Å². The molecule has 4 rings (SSSR count). The third-order valence-electron chi connectivity index (χ3n) is 4.73. The van der Waals surface area contributed by atoms with E-state index in [0.29, 0.717) is 12.5 Å². The van der Waals surface area contributed by atoms with Crippen molar-refractivity contribution in [3.63, 3.8) is 0 Å². The molecular formula is C24H20N2O4S. The second kappa shape index (κ2) is 8.57. The molecule has 2 aromatic heterocycles. The van der Waals surface area contributed by atoms with Gasteiger partial charge in [0, 0.05) is 11.8 Å². The van der Waals surface area contributed by atoms with Crippen LogP contribution >= 0.6 is 11.3 Å². The van der Waals surface area contributed by atoms with Crippen LogP contribution in [0.3, 0.4) is 0 Å². The Morgan fingerprint density at radius 1 is 0.968 bits per heavy atom. The standard InChI is InChI=1S/C24H20N2O4S/c1-14-5-3-8-21(25-14)30-13-22-26-15(2)23(31-22)18-7-4-6-16(11-18)17-9-10-19(24(28)29)20(27)12-17/h3-12,27H,13H2,1-2H3,(H,28,29). The molecule has 7 heteroatoms. The highest BCUT2D eigenvalue weighted by atomic mass is 32.1. The van der Waals surface area contributed by atoms with E-state index in [0.717, 1.165) is 38.0 Å². The Balaban J connectivity index is 1.58. The van der Waals surface area contributed by atoms with Gasteiger partial charge in [-0.2, -0.15) is 0 Å². The predicted octanol–water partition coefficient (Wildman–Crippen LogP) is 5.47. The number of nitrogens with zero attached hydrogens (tertiary/aromatic N) is 2. The third-order valence-corrected chi connectivity index (χ3v) is 5.91. The molecule has 0 fully saturated rings. The number of carbonyl (C=O) groups is 1. The first-order chi connectivity index (χ1) is 14.9. The number of hydrogen-bond acceptors (Lipinski definition) is 6. The quantitative estimate of drug-likeness (QED) is 0.420. The maximum atomic E-state index is 11.1. The average Bonchev–Trinajstić information content (AvgIpc) is 3.12. The molecule has 0 spiro atoms. The lowest BCUT2D eigenvalue weighted by atomic mass is 10.0. The van der Waals surface area contributed by atoms with Crippen LogP contribution < -0.4 is 4.74 Å². The minimum Gasteiger partial charge on any atom is -0.507 e.